The van der Waals surface area contributed by atoms with Gasteiger partial charge in [-0.1, -0.05) is 35.5 Å². The highest BCUT2D eigenvalue weighted by atomic mass is 16.5. The first-order valence-electron chi connectivity index (χ1n) is 10.4. The zero-order valence-corrected chi connectivity index (χ0v) is 17.3. The molecule has 0 radical (unpaired) electrons. The third kappa shape index (κ3) is 5.51. The number of piperidine rings is 1. The molecule has 1 fully saturated rings. The largest absolute Gasteiger partial charge is 0.359 e. The number of likely N-dealkylation sites (tertiary alicyclic amines) is 1. The maximum atomic E-state index is 12.3. The molecule has 0 saturated carbocycles. The summed E-state index contributed by atoms with van der Waals surface area (Å²) in [6.07, 6.45) is 6.83. The molecule has 4 rings (SSSR count). The molecule has 7 nitrogen and oxygen atoms in total. The molecular weight excluding hydrogens is 378 g/mol. The molecule has 3 heterocycles. The van der Waals surface area contributed by atoms with Gasteiger partial charge in [0, 0.05) is 12.3 Å². The van der Waals surface area contributed by atoms with Gasteiger partial charge in [-0.3, -0.25) is 19.7 Å². The number of hydrogen-bond acceptors (Lipinski definition) is 6. The van der Waals surface area contributed by atoms with E-state index in [9.17, 15) is 4.79 Å². The van der Waals surface area contributed by atoms with Crippen LogP contribution in [0.15, 0.2) is 53.3 Å². The smallest absolute Gasteiger partial charge is 0.273 e. The molecule has 2 aromatic heterocycles. The van der Waals surface area contributed by atoms with Crippen LogP contribution in [-0.2, 0) is 19.5 Å². The van der Waals surface area contributed by atoms with Gasteiger partial charge in [-0.15, -0.1) is 0 Å². The fourth-order valence-corrected chi connectivity index (χ4v) is 3.78. The van der Waals surface area contributed by atoms with Gasteiger partial charge in [0.05, 0.1) is 30.7 Å². The molecule has 0 bridgehead atoms. The second kappa shape index (κ2) is 9.63. The van der Waals surface area contributed by atoms with Crippen LogP contribution in [0.1, 0.15) is 46.0 Å². The summed E-state index contributed by atoms with van der Waals surface area (Å²) in [5, 5.41) is 6.73. The normalized spacial score (nSPS) is 15.2. The van der Waals surface area contributed by atoms with Crippen LogP contribution in [-0.4, -0.2) is 39.0 Å². The maximum absolute atomic E-state index is 12.3. The number of aromatic nitrogens is 3. The summed E-state index contributed by atoms with van der Waals surface area (Å²) in [6.45, 7) is 4.93. The van der Waals surface area contributed by atoms with Crippen LogP contribution < -0.4 is 5.32 Å². The molecule has 1 N–H and O–H groups in total. The molecule has 0 unspecified atom stereocenters. The van der Waals surface area contributed by atoms with Gasteiger partial charge in [0.15, 0.2) is 11.5 Å². The Kier molecular flexibility index (Phi) is 6.49. The van der Waals surface area contributed by atoms with Gasteiger partial charge in [-0.25, -0.2) is 0 Å². The zero-order valence-electron chi connectivity index (χ0n) is 17.3. The van der Waals surface area contributed by atoms with Gasteiger partial charge < -0.3 is 9.84 Å². The molecule has 1 saturated heterocycles. The van der Waals surface area contributed by atoms with Gasteiger partial charge in [-0.2, -0.15) is 0 Å². The molecule has 0 atom stereocenters. The highest BCUT2D eigenvalue weighted by Gasteiger charge is 2.21. The molecule has 0 spiro atoms. The molecule has 156 valence electrons. The first-order chi connectivity index (χ1) is 14.7. The number of rotatable bonds is 7. The van der Waals surface area contributed by atoms with Crippen LogP contribution >= 0.6 is 0 Å². The van der Waals surface area contributed by atoms with Crippen LogP contribution in [0.4, 0.5) is 0 Å². The number of nitrogens with one attached hydrogen (secondary N) is 1. The summed E-state index contributed by atoms with van der Waals surface area (Å²) in [5.74, 6) is 1.18. The highest BCUT2D eigenvalue weighted by Crippen LogP contribution is 2.23. The Bertz CT molecular complexity index is 947. The number of aryl methyl sites for hydroxylation is 1. The average molecular weight is 406 g/mol. The van der Waals surface area contributed by atoms with Gasteiger partial charge in [-0.05, 0) is 50.8 Å². The van der Waals surface area contributed by atoms with Crippen molar-refractivity contribution in [3.8, 4) is 0 Å². The summed E-state index contributed by atoms with van der Waals surface area (Å²) in [5.41, 5.74) is 3.26. The third-order valence-corrected chi connectivity index (χ3v) is 5.51. The third-order valence-electron chi connectivity index (χ3n) is 5.51. The monoisotopic (exact) mass is 405 g/mol. The summed E-state index contributed by atoms with van der Waals surface area (Å²) in [7, 11) is 0. The van der Waals surface area contributed by atoms with Crippen LogP contribution in [0.3, 0.4) is 0 Å². The van der Waals surface area contributed by atoms with Crippen molar-refractivity contribution in [1.29, 1.82) is 0 Å². The fourth-order valence-electron chi connectivity index (χ4n) is 3.78. The average Bonchev–Trinajstić information content (AvgIpc) is 3.24. The predicted octanol–water partition coefficient (Wildman–Crippen LogP) is 3.16. The van der Waals surface area contributed by atoms with E-state index in [2.05, 4.69) is 55.7 Å². The molecule has 7 heteroatoms. The fraction of sp³-hybridized carbons (Fsp3) is 0.391. The van der Waals surface area contributed by atoms with Crippen molar-refractivity contribution in [1.82, 2.24) is 25.3 Å². The van der Waals surface area contributed by atoms with E-state index >= 15 is 0 Å². The molecule has 1 aliphatic rings. The lowest BCUT2D eigenvalue weighted by molar-refractivity contribution is 0.0941. The molecule has 0 aliphatic carbocycles. The Morgan fingerprint density at radius 3 is 2.70 bits per heavy atom. The Hall–Kier alpha value is -3.06. The van der Waals surface area contributed by atoms with E-state index in [0.29, 0.717) is 24.5 Å². The Morgan fingerprint density at radius 1 is 1.17 bits per heavy atom. The summed E-state index contributed by atoms with van der Waals surface area (Å²) in [6, 6.07) is 12.4. The van der Waals surface area contributed by atoms with E-state index in [4.69, 9.17) is 4.52 Å². The SMILES string of the molecule is Cc1cnc(CNC(=O)c2cc(CN3CCC(Cc4ccccc4)CC3)on2)cn1. The first-order valence-corrected chi connectivity index (χ1v) is 10.4. The van der Waals surface area contributed by atoms with E-state index in [1.54, 1.807) is 18.5 Å². The lowest BCUT2D eigenvalue weighted by Crippen LogP contribution is -2.33. The van der Waals surface area contributed by atoms with Crippen molar-refractivity contribution in [2.45, 2.75) is 39.3 Å². The van der Waals surface area contributed by atoms with Crippen molar-refractivity contribution in [2.75, 3.05) is 13.1 Å². The van der Waals surface area contributed by atoms with E-state index in [-0.39, 0.29) is 5.91 Å². The standard InChI is InChI=1S/C23H27N5O2/c1-17-13-25-20(14-24-17)15-26-23(29)22-12-21(30-27-22)16-28-9-7-19(8-10-28)11-18-5-3-2-4-6-18/h2-6,12-14,19H,7-11,15-16H2,1H3,(H,26,29). The van der Waals surface area contributed by atoms with Gasteiger partial charge in [0.1, 0.15) is 0 Å². The quantitative estimate of drug-likeness (QED) is 0.650. The second-order valence-corrected chi connectivity index (χ2v) is 7.92. The van der Waals surface area contributed by atoms with Crippen LogP contribution in [0.5, 0.6) is 0 Å². The maximum Gasteiger partial charge on any atom is 0.273 e. The van der Waals surface area contributed by atoms with E-state index < -0.39 is 0 Å². The minimum absolute atomic E-state index is 0.269. The second-order valence-electron chi connectivity index (χ2n) is 7.92. The van der Waals surface area contributed by atoms with Gasteiger partial charge >= 0.3 is 0 Å². The Labute approximate surface area is 176 Å². The number of carbonyl (C=O) groups is 1. The van der Waals surface area contributed by atoms with E-state index in [0.717, 1.165) is 36.9 Å². The molecule has 1 aromatic carbocycles. The Balaban J connectivity index is 1.22. The summed E-state index contributed by atoms with van der Waals surface area (Å²) < 4.78 is 5.40. The van der Waals surface area contributed by atoms with E-state index in [1.807, 2.05) is 6.92 Å². The number of benzene rings is 1. The lowest BCUT2D eigenvalue weighted by Gasteiger charge is -2.31. The minimum Gasteiger partial charge on any atom is -0.359 e. The summed E-state index contributed by atoms with van der Waals surface area (Å²) in [4.78, 5) is 23.1. The highest BCUT2D eigenvalue weighted by molar-refractivity contribution is 5.92. The zero-order chi connectivity index (χ0) is 20.8. The van der Waals surface area contributed by atoms with Crippen LogP contribution in [0.2, 0.25) is 0 Å². The van der Waals surface area contributed by atoms with Crippen molar-refractivity contribution < 1.29 is 9.32 Å². The number of amides is 1. The van der Waals surface area contributed by atoms with Crippen molar-refractivity contribution in [2.24, 2.45) is 5.92 Å². The molecule has 3 aromatic rings. The van der Waals surface area contributed by atoms with Gasteiger partial charge in [0.25, 0.3) is 5.91 Å². The van der Waals surface area contributed by atoms with Crippen molar-refractivity contribution in [3.63, 3.8) is 0 Å². The van der Waals surface area contributed by atoms with Crippen LogP contribution in [0, 0.1) is 12.8 Å². The van der Waals surface area contributed by atoms with Crippen molar-refractivity contribution >= 4 is 5.91 Å². The summed E-state index contributed by atoms with van der Waals surface area (Å²) >= 11 is 0. The first kappa shape index (κ1) is 20.2. The number of carbonyl (C=O) groups excluding carboxylic acids is 1. The predicted molar refractivity (Wildman–Crippen MR) is 113 cm³/mol. The Morgan fingerprint density at radius 2 is 1.97 bits per heavy atom. The molecule has 1 amide bonds. The topological polar surface area (TPSA) is 84.2 Å². The van der Waals surface area contributed by atoms with Gasteiger partial charge in [0.2, 0.25) is 0 Å². The molecule has 30 heavy (non-hydrogen) atoms. The molecular formula is C23H27N5O2. The molecule has 1 aliphatic heterocycles. The van der Waals surface area contributed by atoms with Crippen LogP contribution in [0.25, 0.3) is 0 Å². The lowest BCUT2D eigenvalue weighted by atomic mass is 9.90. The van der Waals surface area contributed by atoms with E-state index in [1.165, 1.54) is 18.4 Å². The van der Waals surface area contributed by atoms with Crippen molar-refractivity contribution in [3.05, 3.63) is 77.2 Å². The number of hydrogen-bond donors (Lipinski definition) is 1. The minimum atomic E-state index is -0.269. The number of nitrogens with zero attached hydrogens (tertiary/aromatic N) is 4.